The highest BCUT2D eigenvalue weighted by Crippen LogP contribution is 2.18. The van der Waals surface area contributed by atoms with Crippen molar-refractivity contribution >= 4 is 11.6 Å². The third kappa shape index (κ3) is 2.26. The van der Waals surface area contributed by atoms with Crippen molar-refractivity contribution < 1.29 is 4.79 Å². The van der Waals surface area contributed by atoms with Crippen LogP contribution in [0.3, 0.4) is 0 Å². The maximum absolute atomic E-state index is 11.8. The molecule has 2 aromatic heterocycles. The Morgan fingerprint density at radius 2 is 2.37 bits per heavy atom. The van der Waals surface area contributed by atoms with Gasteiger partial charge < -0.3 is 9.30 Å². The fourth-order valence-corrected chi connectivity index (χ4v) is 2.60. The quantitative estimate of drug-likeness (QED) is 0.783. The second-order valence-corrected chi connectivity index (χ2v) is 4.97. The van der Waals surface area contributed by atoms with Gasteiger partial charge in [0.05, 0.1) is 0 Å². The third-order valence-electron chi connectivity index (χ3n) is 3.71. The van der Waals surface area contributed by atoms with E-state index in [4.69, 9.17) is 0 Å². The highest BCUT2D eigenvalue weighted by Gasteiger charge is 2.27. The second kappa shape index (κ2) is 4.88. The Bertz CT molecular complexity index is 617. The normalized spacial score (nSPS) is 19.3. The molecule has 0 spiro atoms. The van der Waals surface area contributed by atoms with Gasteiger partial charge in [0.25, 0.3) is 0 Å². The predicted octanol–water partition coefficient (Wildman–Crippen LogP) is 1.91. The molecule has 1 atom stereocenters. The smallest absolute Gasteiger partial charge is 0.223 e. The molecule has 1 aliphatic rings. The van der Waals surface area contributed by atoms with Crippen LogP contribution >= 0.6 is 0 Å². The van der Waals surface area contributed by atoms with E-state index in [9.17, 15) is 4.79 Å². The Hall–Kier alpha value is -2.10. The third-order valence-corrected chi connectivity index (χ3v) is 3.71. The molecular formula is C15H17N3O. The number of pyridine rings is 1. The Morgan fingerprint density at radius 1 is 1.47 bits per heavy atom. The highest BCUT2D eigenvalue weighted by atomic mass is 16.2. The molecule has 98 valence electrons. The lowest BCUT2D eigenvalue weighted by Gasteiger charge is -2.15. The fourth-order valence-electron chi connectivity index (χ4n) is 2.60. The van der Waals surface area contributed by atoms with Crippen LogP contribution in [-0.2, 0) is 11.2 Å². The zero-order valence-corrected chi connectivity index (χ0v) is 10.8. The van der Waals surface area contributed by atoms with Crippen LogP contribution < -0.4 is 0 Å². The largest absolute Gasteiger partial charge is 0.342 e. The van der Waals surface area contributed by atoms with Gasteiger partial charge in [-0.1, -0.05) is 12.1 Å². The molecular weight excluding hydrogens is 238 g/mol. The maximum Gasteiger partial charge on any atom is 0.223 e. The van der Waals surface area contributed by atoms with Crippen LogP contribution in [0, 0.1) is 5.92 Å². The molecule has 0 radical (unpaired) electrons. The van der Waals surface area contributed by atoms with Gasteiger partial charge >= 0.3 is 0 Å². The average molecular weight is 255 g/mol. The van der Waals surface area contributed by atoms with Crippen molar-refractivity contribution in [3.05, 3.63) is 48.9 Å². The lowest BCUT2D eigenvalue weighted by Crippen LogP contribution is -2.27. The van der Waals surface area contributed by atoms with Gasteiger partial charge in [-0.05, 0) is 12.1 Å². The monoisotopic (exact) mass is 255 g/mol. The molecule has 0 bridgehead atoms. The summed E-state index contributed by atoms with van der Waals surface area (Å²) in [4.78, 5) is 18.1. The van der Waals surface area contributed by atoms with Crippen molar-refractivity contribution in [1.29, 1.82) is 0 Å². The summed E-state index contributed by atoms with van der Waals surface area (Å²) in [5, 5.41) is 0. The average Bonchev–Trinajstić information content (AvgIpc) is 3.00. The van der Waals surface area contributed by atoms with Crippen LogP contribution in [0.1, 0.15) is 12.1 Å². The molecule has 1 saturated heterocycles. The van der Waals surface area contributed by atoms with Crippen LogP contribution in [0.15, 0.2) is 43.2 Å². The van der Waals surface area contributed by atoms with Crippen LogP contribution in [0.5, 0.6) is 0 Å². The van der Waals surface area contributed by atoms with Crippen LogP contribution in [0.25, 0.3) is 5.65 Å². The Kier molecular flexibility index (Phi) is 3.07. The van der Waals surface area contributed by atoms with Crippen LogP contribution in [-0.4, -0.2) is 33.3 Å². The van der Waals surface area contributed by atoms with E-state index in [1.807, 2.05) is 41.6 Å². The number of aromatic nitrogens is 2. The summed E-state index contributed by atoms with van der Waals surface area (Å²) >= 11 is 0. The van der Waals surface area contributed by atoms with Gasteiger partial charge in [-0.25, -0.2) is 4.98 Å². The first-order chi connectivity index (χ1) is 9.28. The minimum atomic E-state index is 0.235. The lowest BCUT2D eigenvalue weighted by atomic mass is 10.1. The molecule has 1 unspecified atom stereocenters. The molecule has 3 heterocycles. The summed E-state index contributed by atoms with van der Waals surface area (Å²) in [5.74, 6) is 0.549. The molecule has 3 rings (SSSR count). The molecule has 2 aromatic rings. The van der Waals surface area contributed by atoms with E-state index >= 15 is 0 Å². The van der Waals surface area contributed by atoms with E-state index in [1.165, 1.54) is 0 Å². The van der Waals surface area contributed by atoms with E-state index in [-0.39, 0.29) is 5.91 Å². The number of rotatable bonds is 4. The van der Waals surface area contributed by atoms with Gasteiger partial charge in [-0.15, -0.1) is 6.58 Å². The summed E-state index contributed by atoms with van der Waals surface area (Å²) in [6.45, 7) is 5.33. The highest BCUT2D eigenvalue weighted by molar-refractivity contribution is 5.79. The topological polar surface area (TPSA) is 37.6 Å². The van der Waals surface area contributed by atoms with Gasteiger partial charge in [0, 0.05) is 49.9 Å². The van der Waals surface area contributed by atoms with E-state index < -0.39 is 0 Å². The number of fused-ring (bicyclic) bond motifs is 1. The maximum atomic E-state index is 11.8. The van der Waals surface area contributed by atoms with Crippen molar-refractivity contribution in [2.75, 3.05) is 13.1 Å². The standard InChI is InChI=1S/C15H17N3O/c1-2-12-9-15(19)17(11-12)8-6-13-10-16-14-5-3-4-7-18(13)14/h2-5,7,10,12H,1,6,8-9,11H2. The number of carbonyl (C=O) groups is 1. The molecule has 0 aromatic carbocycles. The molecule has 0 aliphatic carbocycles. The van der Waals surface area contributed by atoms with Crippen LogP contribution in [0.2, 0.25) is 0 Å². The SMILES string of the molecule is C=CC1CC(=O)N(CCc2cnc3ccccn23)C1. The predicted molar refractivity (Wildman–Crippen MR) is 73.8 cm³/mol. The molecule has 0 saturated carbocycles. The van der Waals surface area contributed by atoms with Gasteiger partial charge in [0.2, 0.25) is 5.91 Å². The van der Waals surface area contributed by atoms with E-state index in [2.05, 4.69) is 16.0 Å². The number of imidazole rings is 1. The Labute approximate surface area is 112 Å². The molecule has 0 N–H and O–H groups in total. The molecule has 4 nitrogen and oxygen atoms in total. The number of likely N-dealkylation sites (tertiary alicyclic amines) is 1. The second-order valence-electron chi connectivity index (χ2n) is 4.97. The first-order valence-electron chi connectivity index (χ1n) is 6.59. The molecule has 4 heteroatoms. The zero-order chi connectivity index (χ0) is 13.2. The van der Waals surface area contributed by atoms with Crippen molar-refractivity contribution in [2.45, 2.75) is 12.8 Å². The van der Waals surface area contributed by atoms with Gasteiger partial charge in [-0.2, -0.15) is 0 Å². The summed E-state index contributed by atoms with van der Waals surface area (Å²) in [7, 11) is 0. The molecule has 1 aliphatic heterocycles. The summed E-state index contributed by atoms with van der Waals surface area (Å²) in [5.41, 5.74) is 2.10. The Balaban J connectivity index is 1.69. The minimum Gasteiger partial charge on any atom is -0.342 e. The lowest BCUT2D eigenvalue weighted by molar-refractivity contribution is -0.127. The van der Waals surface area contributed by atoms with E-state index in [0.717, 1.165) is 30.9 Å². The number of hydrogen-bond donors (Lipinski definition) is 0. The van der Waals surface area contributed by atoms with Crippen LogP contribution in [0.4, 0.5) is 0 Å². The summed E-state index contributed by atoms with van der Waals surface area (Å²) < 4.78 is 2.07. The Morgan fingerprint density at radius 3 is 3.16 bits per heavy atom. The summed E-state index contributed by atoms with van der Waals surface area (Å²) in [6.07, 6.45) is 7.22. The first-order valence-corrected chi connectivity index (χ1v) is 6.59. The number of amides is 1. The van der Waals surface area contributed by atoms with Gasteiger partial charge in [0.15, 0.2) is 0 Å². The van der Waals surface area contributed by atoms with Crippen molar-refractivity contribution in [2.24, 2.45) is 5.92 Å². The first kappa shape index (κ1) is 12.0. The number of carbonyl (C=O) groups excluding carboxylic acids is 1. The zero-order valence-electron chi connectivity index (χ0n) is 10.8. The van der Waals surface area contributed by atoms with E-state index in [1.54, 1.807) is 0 Å². The van der Waals surface area contributed by atoms with Crippen molar-refractivity contribution in [1.82, 2.24) is 14.3 Å². The minimum absolute atomic E-state index is 0.235. The molecule has 19 heavy (non-hydrogen) atoms. The van der Waals surface area contributed by atoms with Crippen molar-refractivity contribution in [3.63, 3.8) is 0 Å². The van der Waals surface area contributed by atoms with E-state index in [0.29, 0.717) is 12.3 Å². The molecule has 1 amide bonds. The number of hydrogen-bond acceptors (Lipinski definition) is 2. The summed E-state index contributed by atoms with van der Waals surface area (Å²) in [6, 6.07) is 5.95. The van der Waals surface area contributed by atoms with Gasteiger partial charge in [-0.3, -0.25) is 4.79 Å². The molecule has 1 fully saturated rings. The fraction of sp³-hybridized carbons (Fsp3) is 0.333. The number of nitrogens with zero attached hydrogens (tertiary/aromatic N) is 3. The van der Waals surface area contributed by atoms with Gasteiger partial charge in [0.1, 0.15) is 5.65 Å². The van der Waals surface area contributed by atoms with Crippen molar-refractivity contribution in [3.8, 4) is 0 Å².